The summed E-state index contributed by atoms with van der Waals surface area (Å²) < 4.78 is 38.7. The van der Waals surface area contributed by atoms with Gasteiger partial charge in [-0.15, -0.1) is 0 Å². The van der Waals surface area contributed by atoms with E-state index in [1.54, 1.807) is 12.1 Å². The van der Waals surface area contributed by atoms with Gasteiger partial charge in [0.25, 0.3) is 5.92 Å². The van der Waals surface area contributed by atoms with Crippen LogP contribution < -0.4 is 5.32 Å². The van der Waals surface area contributed by atoms with Crippen LogP contribution in [0.4, 0.5) is 13.2 Å². The van der Waals surface area contributed by atoms with Gasteiger partial charge in [-0.2, -0.15) is 0 Å². The third-order valence-corrected chi connectivity index (χ3v) is 3.11. The number of halogens is 3. The Morgan fingerprint density at radius 2 is 2.16 bits per heavy atom. The van der Waals surface area contributed by atoms with E-state index in [0.717, 1.165) is 0 Å². The van der Waals surface area contributed by atoms with Gasteiger partial charge in [0.2, 0.25) is 5.91 Å². The second kappa shape index (κ2) is 5.07. The quantitative estimate of drug-likeness (QED) is 0.894. The number of carbonyl (C=O) groups excluding carboxylic acids is 1. The van der Waals surface area contributed by atoms with Crippen LogP contribution in [0.25, 0.3) is 6.08 Å². The van der Waals surface area contributed by atoms with Crippen molar-refractivity contribution in [3.8, 4) is 0 Å². The Hall–Kier alpha value is -1.78. The van der Waals surface area contributed by atoms with Gasteiger partial charge >= 0.3 is 0 Å². The molecule has 1 aliphatic carbocycles. The van der Waals surface area contributed by atoms with Crippen molar-refractivity contribution in [3.05, 3.63) is 41.7 Å². The molecule has 0 radical (unpaired) electrons. The summed E-state index contributed by atoms with van der Waals surface area (Å²) in [6.45, 7) is 3.56. The third-order valence-electron chi connectivity index (χ3n) is 3.11. The molecule has 1 fully saturated rings. The SMILES string of the molecule is C=Cc1ccc(F)c(CC(=O)NC2CC(F)(F)C2)c1. The van der Waals surface area contributed by atoms with Gasteiger partial charge in [0.15, 0.2) is 0 Å². The second-order valence-corrected chi connectivity index (χ2v) is 4.76. The molecule has 0 atom stereocenters. The normalized spacial score (nSPS) is 17.6. The smallest absolute Gasteiger partial charge is 0.252 e. The summed E-state index contributed by atoms with van der Waals surface area (Å²) in [4.78, 5) is 11.6. The number of benzene rings is 1. The van der Waals surface area contributed by atoms with Crippen molar-refractivity contribution in [2.75, 3.05) is 0 Å². The highest BCUT2D eigenvalue weighted by atomic mass is 19.3. The highest BCUT2D eigenvalue weighted by Crippen LogP contribution is 2.37. The fourth-order valence-corrected chi connectivity index (χ4v) is 2.07. The summed E-state index contributed by atoms with van der Waals surface area (Å²) in [6, 6.07) is 3.83. The highest BCUT2D eigenvalue weighted by Gasteiger charge is 2.45. The first-order valence-electron chi connectivity index (χ1n) is 5.98. The molecular formula is C14H14F3NO. The molecule has 1 aromatic rings. The molecular weight excluding hydrogens is 255 g/mol. The van der Waals surface area contributed by atoms with Crippen LogP contribution in [-0.2, 0) is 11.2 Å². The molecule has 0 aromatic heterocycles. The lowest BCUT2D eigenvalue weighted by atomic mass is 9.88. The van der Waals surface area contributed by atoms with Gasteiger partial charge in [-0.05, 0) is 23.3 Å². The van der Waals surface area contributed by atoms with Crippen molar-refractivity contribution in [2.24, 2.45) is 0 Å². The van der Waals surface area contributed by atoms with E-state index in [2.05, 4.69) is 11.9 Å². The van der Waals surface area contributed by atoms with Crippen molar-refractivity contribution in [2.45, 2.75) is 31.2 Å². The van der Waals surface area contributed by atoms with E-state index < -0.39 is 23.7 Å². The first-order chi connectivity index (χ1) is 8.89. The molecule has 0 saturated heterocycles. The van der Waals surface area contributed by atoms with Gasteiger partial charge in [0.1, 0.15) is 5.82 Å². The minimum Gasteiger partial charge on any atom is -0.353 e. The lowest BCUT2D eigenvalue weighted by molar-refractivity contribution is -0.128. The zero-order chi connectivity index (χ0) is 14.0. The number of hydrogen-bond donors (Lipinski definition) is 1. The number of carbonyl (C=O) groups is 1. The maximum Gasteiger partial charge on any atom is 0.252 e. The van der Waals surface area contributed by atoms with E-state index in [9.17, 15) is 18.0 Å². The van der Waals surface area contributed by atoms with Crippen LogP contribution in [0.5, 0.6) is 0 Å². The predicted molar refractivity (Wildman–Crippen MR) is 66.3 cm³/mol. The zero-order valence-electron chi connectivity index (χ0n) is 10.3. The van der Waals surface area contributed by atoms with E-state index in [-0.39, 0.29) is 24.8 Å². The lowest BCUT2D eigenvalue weighted by Gasteiger charge is -2.35. The Morgan fingerprint density at radius 1 is 1.47 bits per heavy atom. The van der Waals surface area contributed by atoms with Crippen LogP contribution in [0.2, 0.25) is 0 Å². The molecule has 0 unspecified atom stereocenters. The van der Waals surface area contributed by atoms with Crippen LogP contribution in [0.15, 0.2) is 24.8 Å². The maximum atomic E-state index is 13.5. The third kappa shape index (κ3) is 3.36. The van der Waals surface area contributed by atoms with E-state index >= 15 is 0 Å². The largest absolute Gasteiger partial charge is 0.353 e. The van der Waals surface area contributed by atoms with Crippen LogP contribution in [0.1, 0.15) is 24.0 Å². The Kier molecular flexibility index (Phi) is 3.64. The molecule has 2 rings (SSSR count). The predicted octanol–water partition coefficient (Wildman–Crippen LogP) is 2.93. The minimum absolute atomic E-state index is 0.157. The van der Waals surface area contributed by atoms with E-state index in [0.29, 0.717) is 5.56 Å². The van der Waals surface area contributed by atoms with Crippen LogP contribution in [0.3, 0.4) is 0 Å². The highest BCUT2D eigenvalue weighted by molar-refractivity contribution is 5.79. The standard InChI is InChI=1S/C14H14F3NO/c1-2-9-3-4-12(15)10(5-9)6-13(19)18-11-7-14(16,17)8-11/h2-5,11H,1,6-8H2,(H,18,19). The number of nitrogens with one attached hydrogen (secondary N) is 1. The average Bonchev–Trinajstić information content (AvgIpc) is 2.29. The van der Waals surface area contributed by atoms with Crippen molar-refractivity contribution in [1.82, 2.24) is 5.32 Å². The molecule has 0 spiro atoms. The Morgan fingerprint density at radius 3 is 2.74 bits per heavy atom. The molecule has 2 nitrogen and oxygen atoms in total. The summed E-state index contributed by atoms with van der Waals surface area (Å²) in [5.74, 6) is -3.60. The summed E-state index contributed by atoms with van der Waals surface area (Å²) in [6.07, 6.45) is 0.713. The van der Waals surface area contributed by atoms with Crippen LogP contribution in [0, 0.1) is 5.82 Å². The fourth-order valence-electron chi connectivity index (χ4n) is 2.07. The molecule has 19 heavy (non-hydrogen) atoms. The molecule has 0 heterocycles. The summed E-state index contributed by atoms with van der Waals surface area (Å²) in [5.41, 5.74) is 0.945. The number of rotatable bonds is 4. The van der Waals surface area contributed by atoms with Gasteiger partial charge < -0.3 is 5.32 Å². The monoisotopic (exact) mass is 269 g/mol. The minimum atomic E-state index is -2.67. The molecule has 0 aliphatic heterocycles. The molecule has 1 N–H and O–H groups in total. The number of alkyl halides is 2. The molecule has 1 aliphatic rings. The van der Waals surface area contributed by atoms with E-state index in [1.807, 2.05) is 0 Å². The van der Waals surface area contributed by atoms with Gasteiger partial charge in [-0.25, -0.2) is 13.2 Å². The Labute approximate surface area is 109 Å². The van der Waals surface area contributed by atoms with Crippen LogP contribution in [-0.4, -0.2) is 17.9 Å². The second-order valence-electron chi connectivity index (χ2n) is 4.76. The van der Waals surface area contributed by atoms with Crippen LogP contribution >= 0.6 is 0 Å². The van der Waals surface area contributed by atoms with Gasteiger partial charge in [0.05, 0.1) is 6.42 Å². The first kappa shape index (κ1) is 13.6. The lowest BCUT2D eigenvalue weighted by Crippen LogP contribution is -2.50. The number of amides is 1. The van der Waals surface area contributed by atoms with E-state index in [1.165, 1.54) is 12.1 Å². The molecule has 1 amide bonds. The van der Waals surface area contributed by atoms with Crippen molar-refractivity contribution in [1.29, 1.82) is 0 Å². The van der Waals surface area contributed by atoms with Gasteiger partial charge in [-0.1, -0.05) is 18.7 Å². The molecule has 102 valence electrons. The average molecular weight is 269 g/mol. The number of hydrogen-bond acceptors (Lipinski definition) is 1. The molecule has 5 heteroatoms. The molecule has 1 aromatic carbocycles. The van der Waals surface area contributed by atoms with Crippen molar-refractivity contribution >= 4 is 12.0 Å². The van der Waals surface area contributed by atoms with Gasteiger partial charge in [-0.3, -0.25) is 4.79 Å². The summed E-state index contributed by atoms with van der Waals surface area (Å²) in [7, 11) is 0. The molecule has 0 bridgehead atoms. The summed E-state index contributed by atoms with van der Waals surface area (Å²) >= 11 is 0. The Bertz CT molecular complexity index is 505. The fraction of sp³-hybridized carbons (Fsp3) is 0.357. The summed E-state index contributed by atoms with van der Waals surface area (Å²) in [5, 5.41) is 2.47. The van der Waals surface area contributed by atoms with Gasteiger partial charge in [0, 0.05) is 18.9 Å². The van der Waals surface area contributed by atoms with Crippen molar-refractivity contribution < 1.29 is 18.0 Å². The van der Waals surface area contributed by atoms with E-state index in [4.69, 9.17) is 0 Å². The topological polar surface area (TPSA) is 29.1 Å². The zero-order valence-corrected chi connectivity index (χ0v) is 10.3. The van der Waals surface area contributed by atoms with Crippen molar-refractivity contribution in [3.63, 3.8) is 0 Å². The first-order valence-corrected chi connectivity index (χ1v) is 5.98. The maximum absolute atomic E-state index is 13.5. The Balaban J connectivity index is 1.94. The molecule has 1 saturated carbocycles.